The number of alkyl halides is 1. The number of hydrogen-bond acceptors (Lipinski definition) is 4. The van der Waals surface area contributed by atoms with Crippen LogP contribution in [0.25, 0.3) is 0 Å². The number of carbonyl (C=O) groups is 1. The van der Waals surface area contributed by atoms with E-state index < -0.39 is 17.1 Å². The average Bonchev–Trinajstić information content (AvgIpc) is 2.60. The molecular formula is C17H17FO3S. The maximum atomic E-state index is 15.2. The van der Waals surface area contributed by atoms with Gasteiger partial charge in [0.25, 0.3) is 5.00 Å². The molecule has 1 N–H and O–H groups in total. The number of benzene rings is 2. The molecule has 3 nitrogen and oxygen atoms in total. The van der Waals surface area contributed by atoms with Crippen LogP contribution in [0.15, 0.2) is 60.7 Å². The molecular weight excluding hydrogens is 303 g/mol. The number of halogens is 1. The number of methoxy groups -OCH3 is 1. The molecule has 2 atom stereocenters. The first kappa shape index (κ1) is 16.5. The minimum absolute atomic E-state index is 0.246. The highest BCUT2D eigenvalue weighted by Gasteiger charge is 2.48. The van der Waals surface area contributed by atoms with Crippen LogP contribution >= 0.6 is 11.8 Å². The van der Waals surface area contributed by atoms with E-state index >= 15 is 4.39 Å². The van der Waals surface area contributed by atoms with Crippen LogP contribution in [0.5, 0.6) is 0 Å². The van der Waals surface area contributed by atoms with Crippen LogP contribution in [-0.4, -0.2) is 23.2 Å². The van der Waals surface area contributed by atoms with Crippen molar-refractivity contribution in [1.82, 2.24) is 0 Å². The SMILES string of the molecule is COC(=O)[C@@](F)(SCc1ccccc1)[C@@H](O)c1ccccc1. The number of thioether (sulfide) groups is 1. The zero-order valence-electron chi connectivity index (χ0n) is 12.1. The molecule has 0 unspecified atom stereocenters. The largest absolute Gasteiger partial charge is 0.466 e. The van der Waals surface area contributed by atoms with Crippen molar-refractivity contribution in [3.05, 3.63) is 71.8 Å². The summed E-state index contributed by atoms with van der Waals surface area (Å²) in [6.07, 6.45) is -1.60. The van der Waals surface area contributed by atoms with Crippen LogP contribution in [0.4, 0.5) is 4.39 Å². The Hall–Kier alpha value is -1.85. The van der Waals surface area contributed by atoms with Gasteiger partial charge in [-0.15, -0.1) is 11.8 Å². The van der Waals surface area contributed by atoms with Gasteiger partial charge in [-0.2, -0.15) is 0 Å². The van der Waals surface area contributed by atoms with Crippen molar-refractivity contribution in [3.8, 4) is 0 Å². The fourth-order valence-electron chi connectivity index (χ4n) is 2.00. The predicted molar refractivity (Wildman–Crippen MR) is 85.0 cm³/mol. The van der Waals surface area contributed by atoms with Crippen molar-refractivity contribution in [2.24, 2.45) is 0 Å². The number of aliphatic hydroxyl groups excluding tert-OH is 1. The molecule has 5 heteroatoms. The first-order chi connectivity index (χ1) is 10.6. The number of aliphatic hydroxyl groups is 1. The molecule has 0 aliphatic carbocycles. The van der Waals surface area contributed by atoms with E-state index in [-0.39, 0.29) is 5.75 Å². The first-order valence-electron chi connectivity index (χ1n) is 6.76. The smallest absolute Gasteiger partial charge is 0.357 e. The lowest BCUT2D eigenvalue weighted by Crippen LogP contribution is -2.38. The molecule has 22 heavy (non-hydrogen) atoms. The Morgan fingerprint density at radius 2 is 1.73 bits per heavy atom. The molecule has 2 aromatic rings. The second-order valence-electron chi connectivity index (χ2n) is 4.72. The van der Waals surface area contributed by atoms with Crippen molar-refractivity contribution in [1.29, 1.82) is 0 Å². The molecule has 0 radical (unpaired) electrons. The first-order valence-corrected chi connectivity index (χ1v) is 7.74. The molecule has 2 aromatic carbocycles. The van der Waals surface area contributed by atoms with Gasteiger partial charge in [0.2, 0.25) is 0 Å². The summed E-state index contributed by atoms with van der Waals surface area (Å²) in [6, 6.07) is 17.5. The Morgan fingerprint density at radius 3 is 2.27 bits per heavy atom. The molecule has 0 aliphatic rings. The highest BCUT2D eigenvalue weighted by molar-refractivity contribution is 8.00. The number of carbonyl (C=O) groups excluding carboxylic acids is 1. The van der Waals surface area contributed by atoms with Crippen LogP contribution < -0.4 is 0 Å². The summed E-state index contributed by atoms with van der Waals surface area (Å²) in [6.45, 7) is 0. The molecule has 0 fully saturated rings. The number of esters is 1. The zero-order valence-corrected chi connectivity index (χ0v) is 12.9. The van der Waals surface area contributed by atoms with Gasteiger partial charge >= 0.3 is 5.97 Å². The van der Waals surface area contributed by atoms with Gasteiger partial charge in [0, 0.05) is 5.75 Å². The highest BCUT2D eigenvalue weighted by atomic mass is 32.2. The van der Waals surface area contributed by atoms with E-state index in [2.05, 4.69) is 4.74 Å². The van der Waals surface area contributed by atoms with Crippen molar-refractivity contribution in [2.75, 3.05) is 7.11 Å². The molecule has 0 bridgehead atoms. The molecule has 0 aliphatic heterocycles. The minimum Gasteiger partial charge on any atom is -0.466 e. The fourth-order valence-corrected chi connectivity index (χ4v) is 3.07. The number of hydrogen-bond donors (Lipinski definition) is 1. The maximum Gasteiger partial charge on any atom is 0.357 e. The summed E-state index contributed by atoms with van der Waals surface area (Å²) in [5, 5.41) is 7.76. The molecule has 116 valence electrons. The third kappa shape index (κ3) is 3.67. The average molecular weight is 320 g/mol. The summed E-state index contributed by atoms with van der Waals surface area (Å²) in [7, 11) is 1.11. The van der Waals surface area contributed by atoms with Crippen LogP contribution in [0.1, 0.15) is 17.2 Å². The van der Waals surface area contributed by atoms with Crippen molar-refractivity contribution in [2.45, 2.75) is 16.9 Å². The molecule has 0 aromatic heterocycles. The van der Waals surface area contributed by atoms with Gasteiger partial charge in [0.05, 0.1) is 7.11 Å². The van der Waals surface area contributed by atoms with Gasteiger partial charge in [-0.25, -0.2) is 9.18 Å². The fraction of sp³-hybridized carbons (Fsp3) is 0.235. The van der Waals surface area contributed by atoms with E-state index in [0.29, 0.717) is 5.56 Å². The van der Waals surface area contributed by atoms with Gasteiger partial charge in [0.15, 0.2) is 0 Å². The summed E-state index contributed by atoms with van der Waals surface area (Å²) >= 11 is 0.721. The van der Waals surface area contributed by atoms with Crippen LogP contribution in [0.3, 0.4) is 0 Å². The zero-order chi connectivity index (χ0) is 16.0. The van der Waals surface area contributed by atoms with Crippen molar-refractivity contribution < 1.29 is 19.0 Å². The van der Waals surface area contributed by atoms with Gasteiger partial charge in [-0.05, 0) is 11.1 Å². The molecule has 2 rings (SSSR count). The summed E-state index contributed by atoms with van der Waals surface area (Å²) in [5.41, 5.74) is 1.19. The lowest BCUT2D eigenvalue weighted by atomic mass is 10.1. The van der Waals surface area contributed by atoms with Crippen molar-refractivity contribution >= 4 is 17.7 Å². The van der Waals surface area contributed by atoms with E-state index in [1.807, 2.05) is 30.3 Å². The maximum absolute atomic E-state index is 15.2. The Kier molecular flexibility index (Phi) is 5.57. The Balaban J connectivity index is 2.22. The second kappa shape index (κ2) is 7.42. The molecule has 0 saturated carbocycles. The van der Waals surface area contributed by atoms with Crippen molar-refractivity contribution in [3.63, 3.8) is 0 Å². The third-order valence-corrected chi connectivity index (χ3v) is 4.51. The standard InChI is InChI=1S/C17H17FO3S/c1-21-16(20)17(18,15(19)14-10-6-3-7-11-14)22-12-13-8-4-2-5-9-13/h2-11,15,19H,12H2,1H3/t15-,17-/m0/s1. The van der Waals surface area contributed by atoms with Gasteiger partial charge < -0.3 is 9.84 Å². The summed E-state index contributed by atoms with van der Waals surface area (Å²) in [4.78, 5) is 11.9. The quantitative estimate of drug-likeness (QED) is 0.828. The molecule has 0 heterocycles. The van der Waals surface area contributed by atoms with Crippen LogP contribution in [0, 0.1) is 0 Å². The number of ether oxygens (including phenoxy) is 1. The predicted octanol–water partition coefficient (Wildman–Crippen LogP) is 3.49. The van der Waals surface area contributed by atoms with E-state index in [4.69, 9.17) is 0 Å². The highest BCUT2D eigenvalue weighted by Crippen LogP contribution is 2.42. The van der Waals surface area contributed by atoms with Gasteiger partial charge in [-0.3, -0.25) is 0 Å². The second-order valence-corrected chi connectivity index (χ2v) is 5.90. The summed E-state index contributed by atoms with van der Waals surface area (Å²) in [5.74, 6) is -0.846. The van der Waals surface area contributed by atoms with Crippen LogP contribution in [0.2, 0.25) is 0 Å². The monoisotopic (exact) mass is 320 g/mol. The van der Waals surface area contributed by atoms with Gasteiger partial charge in [-0.1, -0.05) is 60.7 Å². The Labute approximate surface area is 133 Å². The third-order valence-electron chi connectivity index (χ3n) is 3.22. The lowest BCUT2D eigenvalue weighted by molar-refractivity contribution is -0.154. The summed E-state index contributed by atoms with van der Waals surface area (Å²) < 4.78 is 19.7. The minimum atomic E-state index is -2.56. The Morgan fingerprint density at radius 1 is 1.18 bits per heavy atom. The van der Waals surface area contributed by atoms with Crippen LogP contribution in [-0.2, 0) is 15.3 Å². The normalized spacial score (nSPS) is 14.9. The Bertz CT molecular complexity index is 606. The van der Waals surface area contributed by atoms with E-state index in [1.165, 1.54) is 0 Å². The van der Waals surface area contributed by atoms with E-state index in [0.717, 1.165) is 24.4 Å². The van der Waals surface area contributed by atoms with E-state index in [9.17, 15) is 9.90 Å². The number of rotatable bonds is 6. The molecule has 0 amide bonds. The molecule has 0 spiro atoms. The van der Waals surface area contributed by atoms with Gasteiger partial charge in [0.1, 0.15) is 6.10 Å². The topological polar surface area (TPSA) is 46.5 Å². The van der Waals surface area contributed by atoms with E-state index in [1.54, 1.807) is 30.3 Å². The molecule has 0 saturated heterocycles. The lowest BCUT2D eigenvalue weighted by Gasteiger charge is -2.27.